The van der Waals surface area contributed by atoms with Crippen LogP contribution in [0.5, 0.6) is 0 Å². The minimum absolute atomic E-state index is 0.373. The zero-order valence-corrected chi connectivity index (χ0v) is 9.26. The maximum absolute atomic E-state index is 11.2. The van der Waals surface area contributed by atoms with Crippen LogP contribution < -0.4 is 5.56 Å². The first-order chi connectivity index (χ1) is 8.08. The maximum atomic E-state index is 11.2. The molecule has 0 radical (unpaired) electrons. The van der Waals surface area contributed by atoms with E-state index in [1.165, 1.54) is 17.1 Å². The van der Waals surface area contributed by atoms with Crippen LogP contribution in [0.15, 0.2) is 41.6 Å². The Morgan fingerprint density at radius 2 is 1.94 bits per heavy atom. The van der Waals surface area contributed by atoms with Crippen LogP contribution in [-0.2, 0) is 0 Å². The van der Waals surface area contributed by atoms with E-state index in [1.54, 1.807) is 24.3 Å². The SMILES string of the molecule is O=C(O)c1cn(-c2ccc(Cl)cc2)cnc1=O. The normalized spacial score (nSPS) is 10.2. The molecule has 0 unspecified atom stereocenters. The molecule has 0 fully saturated rings. The van der Waals surface area contributed by atoms with Crippen molar-refractivity contribution in [3.63, 3.8) is 0 Å². The molecule has 17 heavy (non-hydrogen) atoms. The first-order valence-corrected chi connectivity index (χ1v) is 5.03. The van der Waals surface area contributed by atoms with Crippen LogP contribution in [0, 0.1) is 0 Å². The number of aromatic nitrogens is 2. The number of benzene rings is 1. The fourth-order valence-electron chi connectivity index (χ4n) is 1.31. The lowest BCUT2D eigenvalue weighted by molar-refractivity contribution is 0.0694. The summed E-state index contributed by atoms with van der Waals surface area (Å²) < 4.78 is 1.45. The van der Waals surface area contributed by atoms with E-state index in [1.807, 2.05) is 0 Å². The molecule has 5 nitrogen and oxygen atoms in total. The van der Waals surface area contributed by atoms with Crippen LogP contribution in [0.3, 0.4) is 0 Å². The molecule has 0 amide bonds. The monoisotopic (exact) mass is 250 g/mol. The van der Waals surface area contributed by atoms with Gasteiger partial charge in [0.25, 0.3) is 5.56 Å². The Hall–Kier alpha value is -2.14. The lowest BCUT2D eigenvalue weighted by atomic mass is 10.3. The summed E-state index contributed by atoms with van der Waals surface area (Å²) in [4.78, 5) is 25.4. The minimum Gasteiger partial charge on any atom is -0.477 e. The third-order valence-corrected chi connectivity index (χ3v) is 2.41. The van der Waals surface area contributed by atoms with Crippen LogP contribution in [0.4, 0.5) is 0 Å². The summed E-state index contributed by atoms with van der Waals surface area (Å²) in [5.74, 6) is -1.30. The first kappa shape index (κ1) is 11.3. The molecule has 0 aliphatic heterocycles. The van der Waals surface area contributed by atoms with Gasteiger partial charge in [0, 0.05) is 16.9 Å². The highest BCUT2D eigenvalue weighted by atomic mass is 35.5. The zero-order chi connectivity index (χ0) is 12.4. The van der Waals surface area contributed by atoms with Crippen LogP contribution >= 0.6 is 11.6 Å². The summed E-state index contributed by atoms with van der Waals surface area (Å²) >= 11 is 5.74. The lowest BCUT2D eigenvalue weighted by Crippen LogP contribution is -2.19. The fraction of sp³-hybridized carbons (Fsp3) is 0. The second kappa shape index (κ2) is 4.39. The van der Waals surface area contributed by atoms with Crippen molar-refractivity contribution in [3.05, 3.63) is 57.7 Å². The van der Waals surface area contributed by atoms with E-state index in [0.29, 0.717) is 10.7 Å². The molecule has 6 heteroatoms. The van der Waals surface area contributed by atoms with Gasteiger partial charge in [0.15, 0.2) is 0 Å². The summed E-state index contributed by atoms with van der Waals surface area (Å²) in [6.45, 7) is 0. The molecule has 0 saturated heterocycles. The maximum Gasteiger partial charge on any atom is 0.342 e. The number of hydrogen-bond acceptors (Lipinski definition) is 3. The number of aromatic carboxylic acids is 1. The van der Waals surface area contributed by atoms with Crippen molar-refractivity contribution in [3.8, 4) is 5.69 Å². The van der Waals surface area contributed by atoms with Gasteiger partial charge in [-0.25, -0.2) is 4.79 Å². The Bertz CT molecular complexity index is 619. The summed E-state index contributed by atoms with van der Waals surface area (Å²) in [6, 6.07) is 6.71. The molecule has 1 aromatic heterocycles. The van der Waals surface area contributed by atoms with E-state index in [0.717, 1.165) is 0 Å². The number of carboxylic acids is 1. The molecule has 0 saturated carbocycles. The second-order valence-corrected chi connectivity index (χ2v) is 3.72. The number of nitrogens with zero attached hydrogens (tertiary/aromatic N) is 2. The van der Waals surface area contributed by atoms with Crippen LogP contribution in [-0.4, -0.2) is 20.6 Å². The summed E-state index contributed by atoms with van der Waals surface area (Å²) in [7, 11) is 0. The summed E-state index contributed by atoms with van der Waals surface area (Å²) in [5, 5.41) is 9.38. The van der Waals surface area contributed by atoms with E-state index in [-0.39, 0.29) is 5.56 Å². The molecular formula is C11H7ClN2O3. The molecule has 2 aromatic rings. The zero-order valence-electron chi connectivity index (χ0n) is 8.50. The predicted octanol–water partition coefficient (Wildman–Crippen LogP) is 1.58. The van der Waals surface area contributed by atoms with Crippen molar-refractivity contribution in [2.45, 2.75) is 0 Å². The Morgan fingerprint density at radius 3 is 2.53 bits per heavy atom. The molecular weight excluding hydrogens is 244 g/mol. The Kier molecular flexibility index (Phi) is 2.93. The molecule has 2 rings (SSSR count). The van der Waals surface area contributed by atoms with Gasteiger partial charge in [-0.05, 0) is 24.3 Å². The molecule has 0 spiro atoms. The van der Waals surface area contributed by atoms with Crippen molar-refractivity contribution >= 4 is 17.6 Å². The molecule has 1 N–H and O–H groups in total. The van der Waals surface area contributed by atoms with Gasteiger partial charge < -0.3 is 9.67 Å². The van der Waals surface area contributed by atoms with E-state index < -0.39 is 11.5 Å². The smallest absolute Gasteiger partial charge is 0.342 e. The predicted molar refractivity (Wildman–Crippen MR) is 61.8 cm³/mol. The van der Waals surface area contributed by atoms with Crippen LogP contribution in [0.1, 0.15) is 10.4 Å². The van der Waals surface area contributed by atoms with Gasteiger partial charge >= 0.3 is 5.97 Å². The highest BCUT2D eigenvalue weighted by molar-refractivity contribution is 6.30. The highest BCUT2D eigenvalue weighted by Gasteiger charge is 2.10. The van der Waals surface area contributed by atoms with E-state index in [9.17, 15) is 9.59 Å². The van der Waals surface area contributed by atoms with Gasteiger partial charge in [-0.3, -0.25) is 4.79 Å². The van der Waals surface area contributed by atoms with Gasteiger partial charge in [-0.1, -0.05) is 11.6 Å². The Balaban J connectivity index is 2.53. The van der Waals surface area contributed by atoms with Crippen LogP contribution in [0.2, 0.25) is 5.02 Å². The number of rotatable bonds is 2. The summed E-state index contributed by atoms with van der Waals surface area (Å²) in [5.41, 5.74) is -0.463. The average molecular weight is 251 g/mol. The lowest BCUT2D eigenvalue weighted by Gasteiger charge is -2.06. The van der Waals surface area contributed by atoms with Crippen molar-refractivity contribution < 1.29 is 9.90 Å². The number of carbonyl (C=O) groups is 1. The topological polar surface area (TPSA) is 72.2 Å². The molecule has 0 bridgehead atoms. The van der Waals surface area contributed by atoms with E-state index in [4.69, 9.17) is 16.7 Å². The van der Waals surface area contributed by atoms with Crippen molar-refractivity contribution in [2.75, 3.05) is 0 Å². The van der Waals surface area contributed by atoms with E-state index >= 15 is 0 Å². The van der Waals surface area contributed by atoms with Crippen LogP contribution in [0.25, 0.3) is 5.69 Å². The van der Waals surface area contributed by atoms with Gasteiger partial charge in [-0.15, -0.1) is 0 Å². The van der Waals surface area contributed by atoms with Crippen molar-refractivity contribution in [1.29, 1.82) is 0 Å². The third-order valence-electron chi connectivity index (χ3n) is 2.15. The van der Waals surface area contributed by atoms with Gasteiger partial charge in [0.1, 0.15) is 11.9 Å². The molecule has 1 aromatic carbocycles. The van der Waals surface area contributed by atoms with Gasteiger partial charge in [0.2, 0.25) is 0 Å². The highest BCUT2D eigenvalue weighted by Crippen LogP contribution is 2.12. The molecule has 86 valence electrons. The minimum atomic E-state index is -1.30. The van der Waals surface area contributed by atoms with Crippen molar-refractivity contribution in [1.82, 2.24) is 9.55 Å². The van der Waals surface area contributed by atoms with Crippen molar-refractivity contribution in [2.24, 2.45) is 0 Å². The Labute approximate surface area is 101 Å². The summed E-state index contributed by atoms with van der Waals surface area (Å²) in [6.07, 6.45) is 2.49. The number of carboxylic acid groups (broad SMARTS) is 1. The van der Waals surface area contributed by atoms with Gasteiger partial charge in [0.05, 0.1) is 0 Å². The number of hydrogen-bond donors (Lipinski definition) is 1. The third kappa shape index (κ3) is 2.34. The fourth-order valence-corrected chi connectivity index (χ4v) is 1.44. The average Bonchev–Trinajstić information content (AvgIpc) is 2.30. The second-order valence-electron chi connectivity index (χ2n) is 3.28. The number of halogens is 1. The molecule has 0 atom stereocenters. The molecule has 1 heterocycles. The standard InChI is InChI=1S/C11H7ClN2O3/c12-7-1-3-8(4-2-7)14-5-9(11(16)17)10(15)13-6-14/h1-6H,(H,16,17). The quantitative estimate of drug-likeness (QED) is 0.878. The van der Waals surface area contributed by atoms with E-state index in [2.05, 4.69) is 4.98 Å². The molecule has 0 aliphatic carbocycles. The largest absolute Gasteiger partial charge is 0.477 e. The Morgan fingerprint density at radius 1 is 1.29 bits per heavy atom. The molecule has 0 aliphatic rings. The first-order valence-electron chi connectivity index (χ1n) is 4.65. The van der Waals surface area contributed by atoms with Gasteiger partial charge in [-0.2, -0.15) is 4.98 Å².